The van der Waals surface area contributed by atoms with Crippen LogP contribution in [0.5, 0.6) is 17.2 Å². The van der Waals surface area contributed by atoms with Gasteiger partial charge in [0.05, 0.1) is 51.2 Å². The third-order valence-corrected chi connectivity index (χ3v) is 6.74. The summed E-state index contributed by atoms with van der Waals surface area (Å²) in [7, 11) is 4.75. The van der Waals surface area contributed by atoms with Crippen LogP contribution in [-0.4, -0.2) is 65.1 Å². The van der Waals surface area contributed by atoms with Crippen LogP contribution in [0.3, 0.4) is 0 Å². The smallest absolute Gasteiger partial charge is 0.229 e. The van der Waals surface area contributed by atoms with Crippen molar-refractivity contribution in [3.63, 3.8) is 0 Å². The van der Waals surface area contributed by atoms with Crippen LogP contribution >= 0.6 is 11.3 Å². The van der Waals surface area contributed by atoms with Crippen molar-refractivity contribution in [2.75, 3.05) is 44.7 Å². The zero-order valence-electron chi connectivity index (χ0n) is 19.2. The molecule has 4 aromatic rings. The first kappa shape index (κ1) is 22.2. The minimum absolute atomic E-state index is 0.0458. The van der Waals surface area contributed by atoms with E-state index in [4.69, 9.17) is 24.2 Å². The first-order chi connectivity index (χ1) is 16.6. The van der Waals surface area contributed by atoms with Gasteiger partial charge in [0, 0.05) is 18.7 Å². The number of nitrogens with zero attached hydrogens (tertiary/aromatic N) is 5. The Balaban J connectivity index is 1.47. The van der Waals surface area contributed by atoms with Crippen LogP contribution in [0.2, 0.25) is 0 Å². The molecule has 178 valence electrons. The number of aromatic nitrogens is 4. The molecule has 0 unspecified atom stereocenters. The minimum Gasteiger partial charge on any atom is -0.493 e. The van der Waals surface area contributed by atoms with Crippen LogP contribution in [-0.2, 0) is 0 Å². The summed E-state index contributed by atoms with van der Waals surface area (Å²) in [4.78, 5) is 17.0. The molecule has 2 N–H and O–H groups in total. The van der Waals surface area contributed by atoms with E-state index >= 15 is 0 Å². The highest BCUT2D eigenvalue weighted by molar-refractivity contribution is 7.16. The zero-order chi connectivity index (χ0) is 23.7. The van der Waals surface area contributed by atoms with Crippen LogP contribution in [0.15, 0.2) is 36.1 Å². The summed E-state index contributed by atoms with van der Waals surface area (Å²) in [5.74, 6) is 3.59. The van der Waals surface area contributed by atoms with Crippen molar-refractivity contribution >= 4 is 39.1 Å². The molecule has 1 saturated heterocycles. The Bertz CT molecular complexity index is 1280. The van der Waals surface area contributed by atoms with Gasteiger partial charge in [-0.1, -0.05) is 0 Å². The molecule has 34 heavy (non-hydrogen) atoms. The van der Waals surface area contributed by atoms with Crippen LogP contribution in [0, 0.1) is 0 Å². The number of hydrogen-bond donors (Lipinski definition) is 2. The summed E-state index contributed by atoms with van der Waals surface area (Å²) in [5, 5.41) is 16.0. The molecule has 5 rings (SSSR count). The molecule has 1 aliphatic rings. The Morgan fingerprint density at radius 2 is 1.94 bits per heavy atom. The maximum atomic E-state index is 9.75. The highest BCUT2D eigenvalue weighted by atomic mass is 32.1. The number of hydrogen-bond acceptors (Lipinski definition) is 10. The molecule has 0 spiro atoms. The quantitative estimate of drug-likeness (QED) is 0.389. The molecule has 3 aromatic heterocycles. The van der Waals surface area contributed by atoms with E-state index in [-0.39, 0.29) is 12.6 Å². The van der Waals surface area contributed by atoms with Crippen LogP contribution in [0.4, 0.5) is 17.6 Å². The fourth-order valence-corrected chi connectivity index (χ4v) is 4.98. The summed E-state index contributed by atoms with van der Waals surface area (Å²) in [6, 6.07) is 5.75. The number of fused-ring (bicyclic) bond motifs is 1. The first-order valence-electron chi connectivity index (χ1n) is 10.9. The molecule has 0 saturated carbocycles. The maximum Gasteiger partial charge on any atom is 0.229 e. The fraction of sp³-hybridized carbons (Fsp3) is 0.348. The first-order valence-corrected chi connectivity index (χ1v) is 11.8. The molecule has 11 heteroatoms. The van der Waals surface area contributed by atoms with E-state index in [1.54, 1.807) is 39.0 Å². The van der Waals surface area contributed by atoms with Crippen molar-refractivity contribution in [2.45, 2.75) is 18.9 Å². The Kier molecular flexibility index (Phi) is 6.12. The second-order valence-corrected chi connectivity index (χ2v) is 8.75. The number of benzene rings is 1. The monoisotopic (exact) mass is 482 g/mol. The summed E-state index contributed by atoms with van der Waals surface area (Å²) >= 11 is 1.56. The molecule has 1 atom stereocenters. The van der Waals surface area contributed by atoms with Crippen LogP contribution in [0.1, 0.15) is 12.8 Å². The van der Waals surface area contributed by atoms with Gasteiger partial charge in [-0.05, 0) is 24.3 Å². The number of aliphatic hydroxyl groups is 1. The van der Waals surface area contributed by atoms with Gasteiger partial charge in [0.1, 0.15) is 22.8 Å². The molecule has 0 bridgehead atoms. The number of nitrogens with one attached hydrogen (secondary N) is 1. The third-order valence-electron chi connectivity index (χ3n) is 5.93. The lowest BCUT2D eigenvalue weighted by atomic mass is 10.2. The summed E-state index contributed by atoms with van der Waals surface area (Å²) in [6.45, 7) is 0.922. The van der Waals surface area contributed by atoms with Gasteiger partial charge in [-0.25, -0.2) is 9.97 Å². The maximum absolute atomic E-state index is 9.75. The minimum atomic E-state index is 0.0458. The summed E-state index contributed by atoms with van der Waals surface area (Å²) in [5.41, 5.74) is 0.807. The van der Waals surface area contributed by atoms with E-state index in [1.165, 1.54) is 0 Å². The van der Waals surface area contributed by atoms with Gasteiger partial charge in [0.25, 0.3) is 0 Å². The highest BCUT2D eigenvalue weighted by Crippen LogP contribution is 2.39. The molecular weight excluding hydrogens is 456 g/mol. The van der Waals surface area contributed by atoms with Gasteiger partial charge in [-0.3, -0.25) is 0 Å². The van der Waals surface area contributed by atoms with Gasteiger partial charge in [0.15, 0.2) is 11.5 Å². The van der Waals surface area contributed by atoms with Crippen molar-refractivity contribution < 1.29 is 19.3 Å². The molecule has 4 heterocycles. The largest absolute Gasteiger partial charge is 0.493 e. The lowest BCUT2D eigenvalue weighted by Gasteiger charge is -2.23. The predicted octanol–water partition coefficient (Wildman–Crippen LogP) is 3.61. The van der Waals surface area contributed by atoms with Crippen molar-refractivity contribution in [3.05, 3.63) is 36.1 Å². The molecule has 0 amide bonds. The molecule has 0 aliphatic carbocycles. The Morgan fingerprint density at radius 1 is 1.15 bits per heavy atom. The van der Waals surface area contributed by atoms with Gasteiger partial charge in [-0.15, -0.1) is 11.3 Å². The topological polar surface area (TPSA) is 107 Å². The number of imidazole rings is 1. The Hall–Kier alpha value is -3.57. The predicted molar refractivity (Wildman–Crippen MR) is 131 cm³/mol. The fourth-order valence-electron chi connectivity index (χ4n) is 4.22. The van der Waals surface area contributed by atoms with E-state index in [9.17, 15) is 5.11 Å². The van der Waals surface area contributed by atoms with Crippen molar-refractivity contribution in [2.24, 2.45) is 0 Å². The number of thiophene rings is 1. The average Bonchev–Trinajstić information content (AvgIpc) is 3.63. The van der Waals surface area contributed by atoms with E-state index in [2.05, 4.69) is 15.2 Å². The van der Waals surface area contributed by atoms with Gasteiger partial charge in [0.2, 0.25) is 11.7 Å². The summed E-state index contributed by atoms with van der Waals surface area (Å²) in [6.07, 6.45) is 5.52. The summed E-state index contributed by atoms with van der Waals surface area (Å²) < 4.78 is 18.2. The average molecular weight is 483 g/mol. The van der Waals surface area contributed by atoms with E-state index in [0.29, 0.717) is 34.8 Å². The van der Waals surface area contributed by atoms with Crippen molar-refractivity contribution in [1.82, 2.24) is 19.5 Å². The standard InChI is InChI=1S/C23H26N6O4S/c1-31-17-9-15(10-18(32-2)20(17)33-3)28-11-19(24-13-28)25-21-16-6-8-34-22(16)27-23(26-21)29-7-4-5-14(29)12-30/h6,8-11,13-14,30H,4-5,7,12H2,1-3H3,(H,25,26,27)/t14-/m0/s1. The SMILES string of the molecule is COc1cc(-n2cnc(Nc3nc(N4CCC[C@H]4CO)nc4sccc34)c2)cc(OC)c1OC. The number of aliphatic hydroxyl groups excluding tert-OH is 1. The Labute approximate surface area is 200 Å². The van der Waals surface area contributed by atoms with Crippen LogP contribution < -0.4 is 24.4 Å². The second kappa shape index (κ2) is 9.35. The van der Waals surface area contributed by atoms with Crippen LogP contribution in [0.25, 0.3) is 15.9 Å². The number of anilines is 3. The molecule has 0 radical (unpaired) electrons. The normalized spacial score (nSPS) is 15.6. The molecule has 10 nitrogen and oxygen atoms in total. The highest BCUT2D eigenvalue weighted by Gasteiger charge is 2.27. The zero-order valence-corrected chi connectivity index (χ0v) is 20.0. The van der Waals surface area contributed by atoms with Crippen molar-refractivity contribution in [3.8, 4) is 22.9 Å². The molecule has 1 fully saturated rings. The molecule has 1 aromatic carbocycles. The van der Waals surface area contributed by atoms with Crippen molar-refractivity contribution in [1.29, 1.82) is 0 Å². The lowest BCUT2D eigenvalue weighted by Crippen LogP contribution is -2.33. The third kappa shape index (κ3) is 3.97. The second-order valence-electron chi connectivity index (χ2n) is 7.86. The van der Waals surface area contributed by atoms with Gasteiger partial charge in [-0.2, -0.15) is 4.98 Å². The van der Waals surface area contributed by atoms with E-state index in [0.717, 1.165) is 35.3 Å². The van der Waals surface area contributed by atoms with E-state index in [1.807, 2.05) is 34.3 Å². The number of methoxy groups -OCH3 is 3. The lowest BCUT2D eigenvalue weighted by molar-refractivity contribution is 0.265. The number of rotatable bonds is 8. The number of ether oxygens (including phenoxy) is 3. The Morgan fingerprint density at radius 3 is 2.65 bits per heavy atom. The molecule has 1 aliphatic heterocycles. The van der Waals surface area contributed by atoms with Gasteiger partial charge < -0.3 is 34.1 Å². The van der Waals surface area contributed by atoms with Gasteiger partial charge >= 0.3 is 0 Å². The molecular formula is C23H26N6O4S. The van der Waals surface area contributed by atoms with E-state index < -0.39 is 0 Å².